The molecule has 1 aromatic carbocycles. The Hall–Kier alpha value is -2.99. The molecule has 0 atom stereocenters. The summed E-state index contributed by atoms with van der Waals surface area (Å²) in [4.78, 5) is 26.7. The van der Waals surface area contributed by atoms with Crippen LogP contribution >= 0.6 is 0 Å². The Labute approximate surface area is 164 Å². The highest BCUT2D eigenvalue weighted by Crippen LogP contribution is 2.26. The van der Waals surface area contributed by atoms with Gasteiger partial charge in [-0.05, 0) is 48.7 Å². The smallest absolute Gasteiger partial charge is 0.255 e. The van der Waals surface area contributed by atoms with Gasteiger partial charge in [0.1, 0.15) is 11.6 Å². The van der Waals surface area contributed by atoms with Gasteiger partial charge in [-0.25, -0.2) is 4.98 Å². The van der Waals surface area contributed by atoms with E-state index in [4.69, 9.17) is 9.72 Å². The van der Waals surface area contributed by atoms with E-state index < -0.39 is 0 Å². The Bertz CT molecular complexity index is 1060. The minimum Gasteiger partial charge on any atom is -0.496 e. The van der Waals surface area contributed by atoms with Crippen LogP contribution < -0.4 is 10.3 Å². The predicted molar refractivity (Wildman–Crippen MR) is 108 cm³/mol. The first-order chi connectivity index (χ1) is 13.6. The van der Waals surface area contributed by atoms with E-state index in [-0.39, 0.29) is 5.56 Å². The third-order valence-electron chi connectivity index (χ3n) is 5.56. The Morgan fingerprint density at radius 2 is 1.93 bits per heavy atom. The van der Waals surface area contributed by atoms with Gasteiger partial charge in [-0.3, -0.25) is 14.7 Å². The topological polar surface area (TPSA) is 71.1 Å². The number of nitrogens with one attached hydrogen (secondary N) is 1. The fourth-order valence-electron chi connectivity index (χ4n) is 3.75. The molecule has 144 valence electrons. The van der Waals surface area contributed by atoms with Crippen molar-refractivity contribution in [1.82, 2.24) is 19.9 Å². The van der Waals surface area contributed by atoms with Crippen molar-refractivity contribution in [3.63, 3.8) is 0 Å². The second-order valence-corrected chi connectivity index (χ2v) is 7.21. The lowest BCUT2D eigenvalue weighted by Gasteiger charge is -2.28. The summed E-state index contributed by atoms with van der Waals surface area (Å²) in [5.74, 6) is 1.52. The van der Waals surface area contributed by atoms with E-state index in [0.29, 0.717) is 12.4 Å². The van der Waals surface area contributed by atoms with Gasteiger partial charge in [-0.15, -0.1) is 0 Å². The molecule has 6 heteroatoms. The molecule has 2 aromatic heterocycles. The standard InChI is InChI=1S/C22H24N4O2/c1-14-15(2)20(28-3)5-4-17(14)12-26-11-8-19-18(13-26)22(27)25-21(24-19)16-6-9-23-10-7-16/h4-7,9-10H,8,11-13H2,1-3H3,(H,24,25,27). The number of fused-ring (bicyclic) bond motifs is 1. The molecule has 1 aliphatic heterocycles. The second-order valence-electron chi connectivity index (χ2n) is 7.21. The Balaban J connectivity index is 1.58. The third-order valence-corrected chi connectivity index (χ3v) is 5.56. The molecule has 3 heterocycles. The second kappa shape index (κ2) is 7.56. The molecule has 1 N–H and O–H groups in total. The molecule has 0 radical (unpaired) electrons. The highest BCUT2D eigenvalue weighted by atomic mass is 16.5. The van der Waals surface area contributed by atoms with E-state index in [9.17, 15) is 4.79 Å². The Morgan fingerprint density at radius 3 is 2.68 bits per heavy atom. The van der Waals surface area contributed by atoms with Gasteiger partial charge >= 0.3 is 0 Å². The Kier molecular flexibility index (Phi) is 4.96. The number of benzene rings is 1. The van der Waals surface area contributed by atoms with E-state index in [2.05, 4.69) is 34.8 Å². The molecular formula is C22H24N4O2. The van der Waals surface area contributed by atoms with Crippen LogP contribution in [0.25, 0.3) is 11.4 Å². The summed E-state index contributed by atoms with van der Waals surface area (Å²) in [6.45, 7) is 6.50. The monoisotopic (exact) mass is 376 g/mol. The van der Waals surface area contributed by atoms with Crippen molar-refractivity contribution in [1.29, 1.82) is 0 Å². The molecule has 0 spiro atoms. The molecule has 3 aromatic rings. The van der Waals surface area contributed by atoms with Crippen LogP contribution in [0.4, 0.5) is 0 Å². The number of methoxy groups -OCH3 is 1. The van der Waals surface area contributed by atoms with Crippen molar-refractivity contribution >= 4 is 0 Å². The lowest BCUT2D eigenvalue weighted by atomic mass is 10.00. The number of hydrogen-bond acceptors (Lipinski definition) is 5. The molecule has 28 heavy (non-hydrogen) atoms. The molecule has 0 unspecified atom stereocenters. The van der Waals surface area contributed by atoms with Crippen molar-refractivity contribution in [3.05, 3.63) is 75.0 Å². The molecule has 0 fully saturated rings. The van der Waals surface area contributed by atoms with Crippen LogP contribution in [-0.2, 0) is 19.5 Å². The molecule has 0 saturated carbocycles. The van der Waals surface area contributed by atoms with Crippen LogP contribution in [0.3, 0.4) is 0 Å². The van der Waals surface area contributed by atoms with E-state index in [1.54, 1.807) is 19.5 Å². The zero-order chi connectivity index (χ0) is 19.7. The molecule has 6 nitrogen and oxygen atoms in total. The molecule has 0 aliphatic carbocycles. The summed E-state index contributed by atoms with van der Waals surface area (Å²) < 4.78 is 5.41. The fraction of sp³-hybridized carbons (Fsp3) is 0.318. The molecular weight excluding hydrogens is 352 g/mol. The highest BCUT2D eigenvalue weighted by Gasteiger charge is 2.22. The molecule has 4 rings (SSSR count). The maximum absolute atomic E-state index is 12.7. The van der Waals surface area contributed by atoms with Crippen molar-refractivity contribution in [2.75, 3.05) is 13.7 Å². The Morgan fingerprint density at radius 1 is 1.14 bits per heavy atom. The summed E-state index contributed by atoms with van der Waals surface area (Å²) in [5, 5.41) is 0. The lowest BCUT2D eigenvalue weighted by molar-refractivity contribution is 0.241. The summed E-state index contributed by atoms with van der Waals surface area (Å²) in [7, 11) is 1.70. The summed E-state index contributed by atoms with van der Waals surface area (Å²) >= 11 is 0. The summed E-state index contributed by atoms with van der Waals surface area (Å²) in [6, 6.07) is 7.85. The van der Waals surface area contributed by atoms with E-state index >= 15 is 0 Å². The minimum absolute atomic E-state index is 0.0517. The van der Waals surface area contributed by atoms with Gasteiger partial charge in [-0.2, -0.15) is 0 Å². The maximum Gasteiger partial charge on any atom is 0.255 e. The number of ether oxygens (including phenoxy) is 1. The SMILES string of the molecule is COc1ccc(CN2CCc3nc(-c4ccncc4)[nH]c(=O)c3C2)c(C)c1C. The maximum atomic E-state index is 12.7. The van der Waals surface area contributed by atoms with Crippen LogP contribution in [0.1, 0.15) is 27.9 Å². The van der Waals surface area contributed by atoms with Gasteiger partial charge in [0, 0.05) is 44.0 Å². The summed E-state index contributed by atoms with van der Waals surface area (Å²) in [5.41, 5.74) is 6.16. The van der Waals surface area contributed by atoms with Crippen molar-refractivity contribution in [3.8, 4) is 17.1 Å². The summed E-state index contributed by atoms with van der Waals surface area (Å²) in [6.07, 6.45) is 4.18. The number of pyridine rings is 1. The van der Waals surface area contributed by atoms with Crippen LogP contribution in [0, 0.1) is 13.8 Å². The molecule has 1 aliphatic rings. The number of rotatable bonds is 4. The number of hydrogen-bond donors (Lipinski definition) is 1. The van der Waals surface area contributed by atoms with Crippen molar-refractivity contribution < 1.29 is 4.74 Å². The third kappa shape index (κ3) is 3.43. The van der Waals surface area contributed by atoms with Gasteiger partial charge in [0.05, 0.1) is 18.4 Å². The van der Waals surface area contributed by atoms with Gasteiger partial charge in [0.2, 0.25) is 0 Å². The minimum atomic E-state index is -0.0517. The van der Waals surface area contributed by atoms with E-state index in [1.807, 2.05) is 18.2 Å². The number of aromatic nitrogens is 3. The first kappa shape index (κ1) is 18.4. The van der Waals surface area contributed by atoms with E-state index in [1.165, 1.54) is 16.7 Å². The predicted octanol–water partition coefficient (Wildman–Crippen LogP) is 3.02. The zero-order valence-electron chi connectivity index (χ0n) is 16.5. The normalized spacial score (nSPS) is 14.0. The largest absolute Gasteiger partial charge is 0.496 e. The highest BCUT2D eigenvalue weighted by molar-refractivity contribution is 5.54. The fourth-order valence-corrected chi connectivity index (χ4v) is 3.75. The number of H-pyrrole nitrogens is 1. The van der Waals surface area contributed by atoms with Crippen LogP contribution in [-0.4, -0.2) is 33.5 Å². The van der Waals surface area contributed by atoms with Crippen molar-refractivity contribution in [2.24, 2.45) is 0 Å². The van der Waals surface area contributed by atoms with Crippen LogP contribution in [0.2, 0.25) is 0 Å². The van der Waals surface area contributed by atoms with Gasteiger partial charge in [0.25, 0.3) is 5.56 Å². The average Bonchev–Trinajstić information content (AvgIpc) is 2.72. The average molecular weight is 376 g/mol. The van der Waals surface area contributed by atoms with Gasteiger partial charge < -0.3 is 9.72 Å². The number of aromatic amines is 1. The number of nitrogens with zero attached hydrogens (tertiary/aromatic N) is 3. The molecule has 0 amide bonds. The van der Waals surface area contributed by atoms with Gasteiger partial charge in [-0.1, -0.05) is 6.07 Å². The quantitative estimate of drug-likeness (QED) is 0.758. The van der Waals surface area contributed by atoms with Crippen molar-refractivity contribution in [2.45, 2.75) is 33.4 Å². The first-order valence-corrected chi connectivity index (χ1v) is 9.44. The van der Waals surface area contributed by atoms with E-state index in [0.717, 1.165) is 42.1 Å². The molecule has 0 saturated heterocycles. The zero-order valence-corrected chi connectivity index (χ0v) is 16.5. The first-order valence-electron chi connectivity index (χ1n) is 9.44. The van der Waals surface area contributed by atoms with Crippen LogP contribution in [0.5, 0.6) is 5.75 Å². The lowest BCUT2D eigenvalue weighted by Crippen LogP contribution is -2.35. The van der Waals surface area contributed by atoms with Gasteiger partial charge in [0.15, 0.2) is 0 Å². The van der Waals surface area contributed by atoms with Crippen LogP contribution in [0.15, 0.2) is 41.5 Å². The molecule has 0 bridgehead atoms.